The summed E-state index contributed by atoms with van der Waals surface area (Å²) in [5, 5.41) is 4.98. The fourth-order valence-corrected chi connectivity index (χ4v) is 11.6. The van der Waals surface area contributed by atoms with Gasteiger partial charge in [-0.2, -0.15) is 0 Å². The molecule has 0 fully saturated rings. The van der Waals surface area contributed by atoms with Crippen molar-refractivity contribution in [1.29, 1.82) is 0 Å². The van der Waals surface area contributed by atoms with Gasteiger partial charge in [0.25, 0.3) is 0 Å². The molecule has 0 radical (unpaired) electrons. The molecule has 1 heterocycles. The number of nitrogens with zero attached hydrogens (tertiary/aromatic N) is 1. The Bertz CT molecular complexity index is 3340. The first-order valence-corrected chi connectivity index (χ1v) is 21.1. The fraction of sp³-hybridized carbons (Fsp3) is 0.0678. The van der Waals surface area contributed by atoms with Crippen molar-refractivity contribution in [3.8, 4) is 66.9 Å². The van der Waals surface area contributed by atoms with Crippen LogP contribution in [0.15, 0.2) is 200 Å². The smallest absolute Gasteiger partial charge is 0.0725 e. The van der Waals surface area contributed by atoms with Crippen LogP contribution in [-0.4, -0.2) is 4.98 Å². The Morgan fingerprint density at radius 1 is 0.317 bits per heavy atom. The van der Waals surface area contributed by atoms with Gasteiger partial charge in [0.05, 0.1) is 11.1 Å². The van der Waals surface area contributed by atoms with Crippen LogP contribution in [-0.2, 0) is 10.8 Å². The van der Waals surface area contributed by atoms with E-state index >= 15 is 0 Å². The zero-order valence-corrected chi connectivity index (χ0v) is 33.5. The normalized spacial score (nSPS) is 14.4. The van der Waals surface area contributed by atoms with Crippen molar-refractivity contribution in [2.24, 2.45) is 0 Å². The Labute approximate surface area is 350 Å². The molecule has 0 saturated carbocycles. The van der Waals surface area contributed by atoms with Gasteiger partial charge in [0.15, 0.2) is 0 Å². The Kier molecular flexibility index (Phi) is 6.78. The number of rotatable bonds is 3. The van der Waals surface area contributed by atoms with Gasteiger partial charge in [-0.3, -0.25) is 4.98 Å². The van der Waals surface area contributed by atoms with Gasteiger partial charge in [0.2, 0.25) is 0 Å². The predicted molar refractivity (Wildman–Crippen MR) is 249 cm³/mol. The van der Waals surface area contributed by atoms with E-state index in [2.05, 4.69) is 214 Å². The summed E-state index contributed by atoms with van der Waals surface area (Å²) >= 11 is 0. The molecule has 13 rings (SSSR count). The van der Waals surface area contributed by atoms with E-state index in [9.17, 15) is 0 Å². The fourth-order valence-electron chi connectivity index (χ4n) is 11.6. The molecule has 0 aliphatic heterocycles. The van der Waals surface area contributed by atoms with Crippen LogP contribution < -0.4 is 0 Å². The van der Waals surface area contributed by atoms with Crippen LogP contribution in [0.3, 0.4) is 0 Å². The predicted octanol–water partition coefficient (Wildman–Crippen LogP) is 15.0. The van der Waals surface area contributed by atoms with Crippen molar-refractivity contribution in [2.45, 2.75) is 24.7 Å². The first kappa shape index (κ1) is 33.6. The minimum Gasteiger partial charge on any atom is -0.256 e. The molecule has 3 aliphatic rings. The van der Waals surface area contributed by atoms with Crippen molar-refractivity contribution in [3.05, 3.63) is 234 Å². The summed E-state index contributed by atoms with van der Waals surface area (Å²) in [6.07, 6.45) is 2.09. The van der Waals surface area contributed by atoms with E-state index in [1.165, 1.54) is 105 Å². The lowest BCUT2D eigenvalue weighted by atomic mass is 9.70. The van der Waals surface area contributed by atoms with Gasteiger partial charge < -0.3 is 0 Å². The molecular weight excluding hydrogens is 723 g/mol. The van der Waals surface area contributed by atoms with Gasteiger partial charge >= 0.3 is 0 Å². The Morgan fingerprint density at radius 3 is 1.22 bits per heavy atom. The molecule has 280 valence electrons. The Balaban J connectivity index is 0.959. The third kappa shape index (κ3) is 4.29. The summed E-state index contributed by atoms with van der Waals surface area (Å²) in [5.41, 5.74) is 22.6. The molecule has 0 unspecified atom stereocenters. The highest BCUT2D eigenvalue weighted by Crippen LogP contribution is 2.63. The molecule has 0 bridgehead atoms. The van der Waals surface area contributed by atoms with Crippen molar-refractivity contribution in [3.63, 3.8) is 0 Å². The molecule has 1 heteroatoms. The zero-order chi connectivity index (χ0) is 39.7. The monoisotopic (exact) mass is 761 g/mol. The highest BCUT2D eigenvalue weighted by atomic mass is 14.7. The van der Waals surface area contributed by atoms with Crippen LogP contribution in [0.1, 0.15) is 47.2 Å². The minimum absolute atomic E-state index is 0.0730. The minimum atomic E-state index is -0.382. The van der Waals surface area contributed by atoms with E-state index in [1.54, 1.807) is 0 Å². The number of hydrogen-bond acceptors (Lipinski definition) is 1. The molecule has 10 aromatic rings. The molecule has 9 aromatic carbocycles. The number of benzene rings is 9. The Morgan fingerprint density at radius 2 is 0.700 bits per heavy atom. The average molecular weight is 762 g/mol. The lowest BCUT2D eigenvalue weighted by Gasteiger charge is -2.30. The van der Waals surface area contributed by atoms with Crippen molar-refractivity contribution >= 4 is 21.5 Å². The highest BCUT2D eigenvalue weighted by molar-refractivity contribution is 6.21. The molecular formula is C59H39N. The summed E-state index contributed by atoms with van der Waals surface area (Å²) in [6.45, 7) is 4.73. The lowest BCUT2D eigenvalue weighted by Crippen LogP contribution is -2.25. The second-order valence-electron chi connectivity index (χ2n) is 17.4. The second kappa shape index (κ2) is 12.1. The van der Waals surface area contributed by atoms with Crippen LogP contribution in [0.2, 0.25) is 0 Å². The first-order valence-electron chi connectivity index (χ1n) is 21.1. The molecule has 0 saturated heterocycles. The summed E-state index contributed by atoms with van der Waals surface area (Å²) in [4.78, 5) is 5.27. The van der Waals surface area contributed by atoms with Gasteiger partial charge in [0.1, 0.15) is 0 Å². The van der Waals surface area contributed by atoms with E-state index in [0.29, 0.717) is 0 Å². The van der Waals surface area contributed by atoms with Crippen LogP contribution in [0.25, 0.3) is 88.4 Å². The summed E-state index contributed by atoms with van der Waals surface area (Å²) in [6, 6.07) is 72.4. The van der Waals surface area contributed by atoms with E-state index in [1.807, 2.05) is 0 Å². The maximum absolute atomic E-state index is 5.27. The van der Waals surface area contributed by atoms with Crippen molar-refractivity contribution in [1.82, 2.24) is 4.98 Å². The molecule has 0 atom stereocenters. The van der Waals surface area contributed by atoms with E-state index in [-0.39, 0.29) is 10.8 Å². The second-order valence-corrected chi connectivity index (χ2v) is 17.4. The van der Waals surface area contributed by atoms with Crippen molar-refractivity contribution < 1.29 is 0 Å². The maximum Gasteiger partial charge on any atom is 0.0725 e. The largest absolute Gasteiger partial charge is 0.256 e. The molecule has 0 N–H and O–H groups in total. The molecule has 3 aliphatic carbocycles. The van der Waals surface area contributed by atoms with Gasteiger partial charge in [-0.15, -0.1) is 0 Å². The average Bonchev–Trinajstić information content (AvgIpc) is 3.86. The van der Waals surface area contributed by atoms with E-state index in [0.717, 1.165) is 16.8 Å². The van der Waals surface area contributed by atoms with Gasteiger partial charge in [-0.05, 0) is 123 Å². The van der Waals surface area contributed by atoms with Crippen molar-refractivity contribution in [2.75, 3.05) is 0 Å². The van der Waals surface area contributed by atoms with Crippen LogP contribution in [0.4, 0.5) is 0 Å². The van der Waals surface area contributed by atoms with Gasteiger partial charge in [0, 0.05) is 22.7 Å². The summed E-state index contributed by atoms with van der Waals surface area (Å²) < 4.78 is 0. The molecule has 1 nitrogen and oxygen atoms in total. The zero-order valence-electron chi connectivity index (χ0n) is 33.5. The molecule has 0 amide bonds. The topological polar surface area (TPSA) is 12.9 Å². The number of pyridine rings is 1. The van der Waals surface area contributed by atoms with Crippen LogP contribution in [0.5, 0.6) is 0 Å². The summed E-state index contributed by atoms with van der Waals surface area (Å²) in [5.74, 6) is 0. The van der Waals surface area contributed by atoms with Gasteiger partial charge in [-0.1, -0.05) is 190 Å². The molecule has 1 spiro atoms. The quantitative estimate of drug-likeness (QED) is 0.163. The molecule has 60 heavy (non-hydrogen) atoms. The number of aromatic nitrogens is 1. The Hall–Kier alpha value is -7.35. The van der Waals surface area contributed by atoms with Crippen LogP contribution in [0, 0.1) is 0 Å². The van der Waals surface area contributed by atoms with Gasteiger partial charge in [-0.25, -0.2) is 0 Å². The standard InChI is InChI=1S/C59H39N/c1-58(2)49-23-11-7-15-39(49)43-31-28-37(34-53(43)58)56-45-19-3-5-21-47(45)57(48-22-6-4-20-46(48)56)38-29-32-55(60-35-38)36-27-30-44-42-18-10-14-26-52(42)59(54(44)33-36)50-24-12-8-16-40(50)41-17-9-13-25-51(41)59/h3-35H,1-2H3. The third-order valence-electron chi connectivity index (χ3n) is 14.1. The first-order chi connectivity index (χ1) is 29.5. The number of fused-ring (bicyclic) bond motifs is 15. The van der Waals surface area contributed by atoms with Crippen LogP contribution >= 0.6 is 0 Å². The maximum atomic E-state index is 5.27. The molecule has 1 aromatic heterocycles. The highest BCUT2D eigenvalue weighted by Gasteiger charge is 2.51. The van der Waals surface area contributed by atoms with E-state index < -0.39 is 0 Å². The SMILES string of the molecule is CC1(C)c2ccccc2-c2ccc(-c3c4ccccc4c(-c4ccc(-c5ccc6c(c5)C5(c7ccccc7-c7ccccc75)c5ccccc5-6)nc4)c4ccccc34)cc21. The third-order valence-corrected chi connectivity index (χ3v) is 14.1. The van der Waals surface area contributed by atoms with E-state index in [4.69, 9.17) is 4.98 Å². The lowest BCUT2D eigenvalue weighted by molar-refractivity contribution is 0.660. The summed E-state index contributed by atoms with van der Waals surface area (Å²) in [7, 11) is 0. The number of hydrogen-bond donors (Lipinski definition) is 0.